The fourth-order valence-electron chi connectivity index (χ4n) is 2.47. The van der Waals surface area contributed by atoms with Crippen LogP contribution < -0.4 is 10.1 Å². The van der Waals surface area contributed by atoms with Gasteiger partial charge in [-0.25, -0.2) is 14.8 Å². The fraction of sp³-hybridized carbons (Fsp3) is 0.312. The van der Waals surface area contributed by atoms with E-state index in [1.54, 1.807) is 35.5 Å². The number of nitrogens with one attached hydrogen (secondary N) is 1. The van der Waals surface area contributed by atoms with Gasteiger partial charge >= 0.3 is 12.0 Å². The molecule has 1 aromatic carbocycles. The molecule has 0 spiro atoms. The molecule has 0 saturated carbocycles. The Morgan fingerprint density at radius 2 is 2.04 bits per heavy atom. The Kier molecular flexibility index (Phi) is 4.92. The van der Waals surface area contributed by atoms with E-state index >= 15 is 0 Å². The maximum absolute atomic E-state index is 12.4. The van der Waals surface area contributed by atoms with Crippen LogP contribution in [0.4, 0.5) is 10.5 Å². The minimum atomic E-state index is -0.180. The Bertz CT molecular complexity index is 668. The van der Waals surface area contributed by atoms with Crippen LogP contribution in [0.5, 0.6) is 6.01 Å². The van der Waals surface area contributed by atoms with E-state index in [-0.39, 0.29) is 12.1 Å². The van der Waals surface area contributed by atoms with Crippen LogP contribution in [0, 0.1) is 0 Å². The topological polar surface area (TPSA) is 67.4 Å². The van der Waals surface area contributed by atoms with Crippen molar-refractivity contribution >= 4 is 23.3 Å². The molecule has 120 valence electrons. The molecule has 0 bridgehead atoms. The number of nitrogens with zero attached hydrogens (tertiary/aromatic N) is 3. The Hall–Kier alpha value is -2.34. The first kappa shape index (κ1) is 15.6. The SMILES string of the molecule is O=C(Nc1ccccc1Cl)N1CCCC(Oc2ncccn2)C1. The molecule has 3 rings (SSSR count). The first-order valence-corrected chi connectivity index (χ1v) is 7.84. The molecule has 1 N–H and O–H groups in total. The number of piperidine rings is 1. The van der Waals surface area contributed by atoms with Crippen molar-refractivity contribution < 1.29 is 9.53 Å². The Morgan fingerprint density at radius 1 is 1.26 bits per heavy atom. The van der Waals surface area contributed by atoms with Crippen LogP contribution in [0.3, 0.4) is 0 Å². The molecule has 0 radical (unpaired) electrons. The van der Waals surface area contributed by atoms with Crippen molar-refractivity contribution in [1.29, 1.82) is 0 Å². The van der Waals surface area contributed by atoms with Gasteiger partial charge in [0.25, 0.3) is 0 Å². The second kappa shape index (κ2) is 7.28. The van der Waals surface area contributed by atoms with Crippen LogP contribution in [0.2, 0.25) is 5.02 Å². The van der Waals surface area contributed by atoms with Crippen LogP contribution in [0.1, 0.15) is 12.8 Å². The number of ether oxygens (including phenoxy) is 1. The number of para-hydroxylation sites is 1. The number of amides is 2. The molecule has 1 aliphatic rings. The minimum Gasteiger partial charge on any atom is -0.458 e. The van der Waals surface area contributed by atoms with Gasteiger partial charge < -0.3 is 15.0 Å². The molecular weight excluding hydrogens is 316 g/mol. The summed E-state index contributed by atoms with van der Waals surface area (Å²) in [6.45, 7) is 1.18. The van der Waals surface area contributed by atoms with Crippen molar-refractivity contribution in [3.63, 3.8) is 0 Å². The van der Waals surface area contributed by atoms with E-state index in [4.69, 9.17) is 16.3 Å². The second-order valence-corrected chi connectivity index (χ2v) is 5.68. The van der Waals surface area contributed by atoms with E-state index in [1.165, 1.54) is 0 Å². The molecule has 6 nitrogen and oxygen atoms in total. The molecule has 1 fully saturated rings. The standard InChI is InChI=1S/C16H17ClN4O2/c17-13-6-1-2-7-14(13)20-16(22)21-10-3-5-12(11-21)23-15-18-8-4-9-19-15/h1-2,4,6-9,12H,3,5,10-11H2,(H,20,22). The van der Waals surface area contributed by atoms with Gasteiger partial charge in [0.15, 0.2) is 0 Å². The van der Waals surface area contributed by atoms with E-state index in [9.17, 15) is 4.79 Å². The lowest BCUT2D eigenvalue weighted by atomic mass is 10.1. The number of hydrogen-bond acceptors (Lipinski definition) is 4. The highest BCUT2D eigenvalue weighted by Gasteiger charge is 2.25. The van der Waals surface area contributed by atoms with Crippen LogP contribution in [0.15, 0.2) is 42.7 Å². The zero-order valence-electron chi connectivity index (χ0n) is 12.5. The van der Waals surface area contributed by atoms with E-state index in [1.807, 2.05) is 12.1 Å². The van der Waals surface area contributed by atoms with Crippen molar-refractivity contribution in [2.45, 2.75) is 18.9 Å². The number of carbonyl (C=O) groups is 1. The maximum atomic E-state index is 12.4. The largest absolute Gasteiger partial charge is 0.458 e. The number of carbonyl (C=O) groups excluding carboxylic acids is 1. The number of hydrogen-bond donors (Lipinski definition) is 1. The normalized spacial score (nSPS) is 17.6. The van der Waals surface area contributed by atoms with Crippen LogP contribution in [-0.2, 0) is 0 Å². The van der Waals surface area contributed by atoms with Gasteiger partial charge in [-0.1, -0.05) is 23.7 Å². The summed E-state index contributed by atoms with van der Waals surface area (Å²) >= 11 is 6.07. The number of anilines is 1. The zero-order chi connectivity index (χ0) is 16.1. The molecule has 2 aromatic rings. The monoisotopic (exact) mass is 332 g/mol. The lowest BCUT2D eigenvalue weighted by Crippen LogP contribution is -2.46. The predicted molar refractivity (Wildman–Crippen MR) is 87.7 cm³/mol. The van der Waals surface area contributed by atoms with Crippen molar-refractivity contribution in [3.05, 3.63) is 47.7 Å². The van der Waals surface area contributed by atoms with Gasteiger partial charge in [-0.3, -0.25) is 0 Å². The van der Waals surface area contributed by atoms with Gasteiger partial charge in [0.05, 0.1) is 17.3 Å². The second-order valence-electron chi connectivity index (χ2n) is 5.27. The molecule has 1 saturated heterocycles. The summed E-state index contributed by atoms with van der Waals surface area (Å²) in [7, 11) is 0. The molecule has 0 aliphatic carbocycles. The summed E-state index contributed by atoms with van der Waals surface area (Å²) in [6, 6.07) is 9.06. The number of urea groups is 1. The van der Waals surface area contributed by atoms with E-state index in [0.717, 1.165) is 12.8 Å². The maximum Gasteiger partial charge on any atom is 0.322 e. The number of benzene rings is 1. The molecule has 7 heteroatoms. The van der Waals surface area contributed by atoms with Gasteiger partial charge in [0, 0.05) is 18.9 Å². The summed E-state index contributed by atoms with van der Waals surface area (Å²) < 4.78 is 5.74. The van der Waals surface area contributed by atoms with Crippen molar-refractivity contribution in [2.24, 2.45) is 0 Å². The van der Waals surface area contributed by atoms with Crippen LogP contribution >= 0.6 is 11.6 Å². The number of halogens is 1. The third kappa shape index (κ3) is 4.10. The minimum absolute atomic E-state index is 0.108. The number of likely N-dealkylation sites (tertiary alicyclic amines) is 1. The number of rotatable bonds is 3. The molecule has 2 heterocycles. The third-order valence-corrected chi connectivity index (χ3v) is 3.92. The summed E-state index contributed by atoms with van der Waals surface area (Å²) in [5.74, 6) is 0. The summed E-state index contributed by atoms with van der Waals surface area (Å²) in [5.41, 5.74) is 0.605. The Balaban J connectivity index is 1.59. The van der Waals surface area contributed by atoms with Crippen molar-refractivity contribution in [2.75, 3.05) is 18.4 Å². The van der Waals surface area contributed by atoms with Gasteiger partial charge in [0.1, 0.15) is 6.10 Å². The molecular formula is C16H17ClN4O2. The van der Waals surface area contributed by atoms with Crippen LogP contribution in [-0.4, -0.2) is 40.1 Å². The lowest BCUT2D eigenvalue weighted by molar-refractivity contribution is 0.0983. The molecule has 1 aliphatic heterocycles. The van der Waals surface area contributed by atoms with E-state index in [2.05, 4.69) is 15.3 Å². The smallest absolute Gasteiger partial charge is 0.322 e. The highest BCUT2D eigenvalue weighted by atomic mass is 35.5. The summed E-state index contributed by atoms with van der Waals surface area (Å²) in [4.78, 5) is 22.2. The summed E-state index contributed by atoms with van der Waals surface area (Å²) in [5, 5.41) is 3.35. The summed E-state index contributed by atoms with van der Waals surface area (Å²) in [6.07, 6.45) is 4.89. The lowest BCUT2D eigenvalue weighted by Gasteiger charge is -2.32. The van der Waals surface area contributed by atoms with Gasteiger partial charge in [-0.05, 0) is 31.0 Å². The van der Waals surface area contributed by atoms with Crippen molar-refractivity contribution in [3.8, 4) is 6.01 Å². The number of aromatic nitrogens is 2. The Labute approximate surface area is 139 Å². The fourth-order valence-corrected chi connectivity index (χ4v) is 2.65. The van der Waals surface area contributed by atoms with Gasteiger partial charge in [-0.15, -0.1) is 0 Å². The van der Waals surface area contributed by atoms with E-state index < -0.39 is 0 Å². The van der Waals surface area contributed by atoms with Gasteiger partial charge in [-0.2, -0.15) is 0 Å². The molecule has 1 unspecified atom stereocenters. The molecule has 1 aromatic heterocycles. The van der Waals surface area contributed by atoms with Crippen LogP contribution in [0.25, 0.3) is 0 Å². The highest BCUT2D eigenvalue weighted by molar-refractivity contribution is 6.33. The molecule has 2 amide bonds. The first-order valence-electron chi connectivity index (χ1n) is 7.46. The Morgan fingerprint density at radius 3 is 2.83 bits per heavy atom. The highest BCUT2D eigenvalue weighted by Crippen LogP contribution is 2.22. The molecule has 23 heavy (non-hydrogen) atoms. The van der Waals surface area contributed by atoms with E-state index in [0.29, 0.717) is 29.8 Å². The van der Waals surface area contributed by atoms with Gasteiger partial charge in [0.2, 0.25) is 0 Å². The predicted octanol–water partition coefficient (Wildman–Crippen LogP) is 3.21. The average molecular weight is 333 g/mol. The molecule has 1 atom stereocenters. The quantitative estimate of drug-likeness (QED) is 0.937. The third-order valence-electron chi connectivity index (χ3n) is 3.59. The average Bonchev–Trinajstić information content (AvgIpc) is 2.58. The zero-order valence-corrected chi connectivity index (χ0v) is 13.2. The van der Waals surface area contributed by atoms with Crippen molar-refractivity contribution in [1.82, 2.24) is 14.9 Å². The first-order chi connectivity index (χ1) is 11.2.